The minimum absolute atomic E-state index is 0.114. The molecule has 0 saturated heterocycles. The molecule has 0 heterocycles. The number of hydrogen-bond acceptors (Lipinski definition) is 2. The molecule has 98 valence electrons. The van der Waals surface area contributed by atoms with E-state index in [9.17, 15) is 5.11 Å². The van der Waals surface area contributed by atoms with E-state index >= 15 is 0 Å². The van der Waals surface area contributed by atoms with Crippen LogP contribution in [-0.2, 0) is 0 Å². The van der Waals surface area contributed by atoms with Gasteiger partial charge in [-0.05, 0) is 57.7 Å². The fourth-order valence-corrected chi connectivity index (χ4v) is 2.35. The molecule has 0 amide bonds. The van der Waals surface area contributed by atoms with Gasteiger partial charge in [-0.3, -0.25) is 0 Å². The highest BCUT2D eigenvalue weighted by Crippen LogP contribution is 2.27. The predicted molar refractivity (Wildman–Crippen MR) is 71.6 cm³/mol. The summed E-state index contributed by atoms with van der Waals surface area (Å²) in [5.41, 5.74) is 0.378. The molecule has 0 aromatic carbocycles. The van der Waals surface area contributed by atoms with Crippen LogP contribution in [0.3, 0.4) is 0 Å². The van der Waals surface area contributed by atoms with E-state index in [4.69, 9.17) is 0 Å². The van der Waals surface area contributed by atoms with Crippen molar-refractivity contribution in [2.75, 3.05) is 20.6 Å². The molecule has 0 fully saturated rings. The molecule has 0 unspecified atom stereocenters. The molecule has 0 aliphatic carbocycles. The largest absolute Gasteiger partial charge is 0.393 e. The zero-order chi connectivity index (χ0) is 12.8. The summed E-state index contributed by atoms with van der Waals surface area (Å²) in [7, 11) is 4.16. The molecule has 0 bridgehead atoms. The van der Waals surface area contributed by atoms with Gasteiger partial charge in [-0.2, -0.15) is 0 Å². The predicted octanol–water partition coefficient (Wildman–Crippen LogP) is 3.15. The first-order valence-corrected chi connectivity index (χ1v) is 6.53. The molecule has 2 heteroatoms. The Morgan fingerprint density at radius 1 is 1.19 bits per heavy atom. The molecule has 0 aromatic heterocycles. The minimum atomic E-state index is -0.114. The monoisotopic (exact) mass is 229 g/mol. The van der Waals surface area contributed by atoms with Crippen molar-refractivity contribution >= 4 is 0 Å². The van der Waals surface area contributed by atoms with Gasteiger partial charge in [0.2, 0.25) is 0 Å². The molecule has 0 spiro atoms. The molecular formula is C14H31NO. The Morgan fingerprint density at radius 2 is 1.75 bits per heavy atom. The minimum Gasteiger partial charge on any atom is -0.393 e. The second-order valence-electron chi connectivity index (χ2n) is 6.70. The second kappa shape index (κ2) is 7.29. The zero-order valence-corrected chi connectivity index (χ0v) is 12.1. The Hall–Kier alpha value is -0.0800. The van der Waals surface area contributed by atoms with E-state index in [0.29, 0.717) is 11.3 Å². The van der Waals surface area contributed by atoms with Gasteiger partial charge in [-0.25, -0.2) is 0 Å². The second-order valence-corrected chi connectivity index (χ2v) is 6.70. The first-order valence-electron chi connectivity index (χ1n) is 6.53. The Kier molecular flexibility index (Phi) is 7.25. The molecule has 0 aromatic rings. The molecule has 1 N–H and O–H groups in total. The van der Waals surface area contributed by atoms with E-state index in [2.05, 4.69) is 46.7 Å². The molecular weight excluding hydrogens is 198 g/mol. The number of aliphatic hydroxyl groups is 1. The summed E-state index contributed by atoms with van der Waals surface area (Å²) >= 11 is 0. The highest BCUT2D eigenvalue weighted by Gasteiger charge is 2.17. The van der Waals surface area contributed by atoms with Crippen molar-refractivity contribution in [2.24, 2.45) is 11.3 Å². The molecule has 0 aliphatic rings. The number of nitrogens with zero attached hydrogens (tertiary/aromatic N) is 1. The van der Waals surface area contributed by atoms with E-state index < -0.39 is 0 Å². The van der Waals surface area contributed by atoms with Crippen molar-refractivity contribution in [1.29, 1.82) is 0 Å². The molecule has 16 heavy (non-hydrogen) atoms. The summed E-state index contributed by atoms with van der Waals surface area (Å²) in [4.78, 5) is 2.17. The van der Waals surface area contributed by atoms with Gasteiger partial charge in [0.05, 0.1) is 6.10 Å². The van der Waals surface area contributed by atoms with Crippen LogP contribution in [0.1, 0.15) is 53.4 Å². The maximum absolute atomic E-state index is 9.91. The van der Waals surface area contributed by atoms with E-state index in [1.54, 1.807) is 0 Å². The lowest BCUT2D eigenvalue weighted by molar-refractivity contribution is 0.120. The Balaban J connectivity index is 3.66. The molecule has 0 radical (unpaired) electrons. The van der Waals surface area contributed by atoms with Gasteiger partial charge in [0.1, 0.15) is 0 Å². The van der Waals surface area contributed by atoms with Gasteiger partial charge in [-0.1, -0.05) is 27.7 Å². The van der Waals surface area contributed by atoms with Crippen LogP contribution >= 0.6 is 0 Å². The summed E-state index contributed by atoms with van der Waals surface area (Å²) in [6.45, 7) is 10.1. The van der Waals surface area contributed by atoms with Crippen LogP contribution in [0.2, 0.25) is 0 Å². The quantitative estimate of drug-likeness (QED) is 0.725. The first kappa shape index (κ1) is 15.9. The van der Waals surface area contributed by atoms with Gasteiger partial charge >= 0.3 is 0 Å². The van der Waals surface area contributed by atoms with Gasteiger partial charge in [0.25, 0.3) is 0 Å². The zero-order valence-electron chi connectivity index (χ0n) is 12.1. The highest BCUT2D eigenvalue weighted by atomic mass is 16.3. The average molecular weight is 229 g/mol. The van der Waals surface area contributed by atoms with Gasteiger partial charge < -0.3 is 10.0 Å². The summed E-state index contributed by atoms with van der Waals surface area (Å²) in [5, 5.41) is 9.91. The molecule has 0 rings (SSSR count). The highest BCUT2D eigenvalue weighted by molar-refractivity contribution is 4.69. The molecule has 0 saturated carbocycles. The third-order valence-corrected chi connectivity index (χ3v) is 2.78. The Bertz CT molecular complexity index is 172. The molecule has 0 aliphatic heterocycles. The van der Waals surface area contributed by atoms with Crippen LogP contribution in [0.4, 0.5) is 0 Å². The summed E-state index contributed by atoms with van der Waals surface area (Å²) in [6.07, 6.45) is 4.06. The van der Waals surface area contributed by atoms with E-state index in [0.717, 1.165) is 25.8 Å². The standard InChI is InChI=1S/C14H31NO/c1-12(11-14(2,3)4)10-13(16)8-7-9-15(5)6/h12-13,16H,7-11H2,1-6H3/t12-,13+/m1/s1. The van der Waals surface area contributed by atoms with Crippen molar-refractivity contribution in [2.45, 2.75) is 59.5 Å². The fraction of sp³-hybridized carbons (Fsp3) is 1.00. The van der Waals surface area contributed by atoms with Gasteiger partial charge in [-0.15, -0.1) is 0 Å². The summed E-state index contributed by atoms with van der Waals surface area (Å²) in [6, 6.07) is 0. The van der Waals surface area contributed by atoms with Crippen LogP contribution in [0.15, 0.2) is 0 Å². The van der Waals surface area contributed by atoms with Crippen LogP contribution in [0, 0.1) is 11.3 Å². The third kappa shape index (κ3) is 10.4. The topological polar surface area (TPSA) is 23.5 Å². The number of aliphatic hydroxyl groups excluding tert-OH is 1. The van der Waals surface area contributed by atoms with Crippen molar-refractivity contribution in [1.82, 2.24) is 4.90 Å². The first-order chi connectivity index (χ1) is 7.20. The van der Waals surface area contributed by atoms with E-state index in [1.165, 1.54) is 6.42 Å². The smallest absolute Gasteiger partial charge is 0.0543 e. The Labute approximate surface area is 102 Å². The van der Waals surface area contributed by atoms with E-state index in [-0.39, 0.29) is 6.10 Å². The van der Waals surface area contributed by atoms with Gasteiger partial charge in [0.15, 0.2) is 0 Å². The molecule has 2 atom stereocenters. The maximum atomic E-state index is 9.91. The number of hydrogen-bond donors (Lipinski definition) is 1. The Morgan fingerprint density at radius 3 is 2.19 bits per heavy atom. The molecule has 2 nitrogen and oxygen atoms in total. The number of rotatable bonds is 7. The lowest BCUT2D eigenvalue weighted by atomic mass is 9.83. The van der Waals surface area contributed by atoms with Crippen LogP contribution in [0.25, 0.3) is 0 Å². The average Bonchev–Trinajstić information content (AvgIpc) is 1.98. The van der Waals surface area contributed by atoms with Crippen LogP contribution in [0.5, 0.6) is 0 Å². The fourth-order valence-electron chi connectivity index (χ4n) is 2.35. The summed E-state index contributed by atoms with van der Waals surface area (Å²) in [5.74, 6) is 0.620. The van der Waals surface area contributed by atoms with Crippen molar-refractivity contribution in [3.8, 4) is 0 Å². The van der Waals surface area contributed by atoms with Gasteiger partial charge in [0, 0.05) is 0 Å². The normalized spacial score (nSPS) is 16.5. The van der Waals surface area contributed by atoms with Crippen molar-refractivity contribution in [3.05, 3.63) is 0 Å². The maximum Gasteiger partial charge on any atom is 0.0543 e. The lowest BCUT2D eigenvalue weighted by Crippen LogP contribution is -2.19. The van der Waals surface area contributed by atoms with Crippen molar-refractivity contribution < 1.29 is 5.11 Å². The SMILES string of the molecule is C[C@H](C[C@@H](O)CCCN(C)C)CC(C)(C)C. The van der Waals surface area contributed by atoms with Crippen LogP contribution < -0.4 is 0 Å². The summed E-state index contributed by atoms with van der Waals surface area (Å²) < 4.78 is 0. The van der Waals surface area contributed by atoms with Crippen LogP contribution in [-0.4, -0.2) is 36.8 Å². The van der Waals surface area contributed by atoms with E-state index in [1.807, 2.05) is 0 Å². The lowest BCUT2D eigenvalue weighted by Gasteiger charge is -2.25. The third-order valence-electron chi connectivity index (χ3n) is 2.78. The van der Waals surface area contributed by atoms with Crippen molar-refractivity contribution in [3.63, 3.8) is 0 Å².